The third-order valence-electron chi connectivity index (χ3n) is 3.91. The van der Waals surface area contributed by atoms with E-state index in [1.807, 2.05) is 24.3 Å². The molecule has 0 aliphatic carbocycles. The van der Waals surface area contributed by atoms with Gasteiger partial charge in [0.25, 0.3) is 5.91 Å². The van der Waals surface area contributed by atoms with Gasteiger partial charge in [0.2, 0.25) is 5.95 Å². The fourth-order valence-corrected chi connectivity index (χ4v) is 2.47. The van der Waals surface area contributed by atoms with Crippen LogP contribution in [0.2, 0.25) is 0 Å². The monoisotopic (exact) mass is 366 g/mol. The Balaban J connectivity index is 1.65. The Morgan fingerprint density at radius 1 is 1.19 bits per heavy atom. The van der Waals surface area contributed by atoms with E-state index in [1.165, 1.54) is 30.5 Å². The predicted octanol–water partition coefficient (Wildman–Crippen LogP) is 3.80. The summed E-state index contributed by atoms with van der Waals surface area (Å²) in [5.41, 5.74) is 2.42. The van der Waals surface area contributed by atoms with Crippen molar-refractivity contribution in [2.45, 2.75) is 13.5 Å². The number of aromatic nitrogens is 2. The number of anilines is 2. The number of hydrogen-bond acceptors (Lipinski definition) is 5. The fraction of sp³-hybridized carbons (Fsp3) is 0.150. The summed E-state index contributed by atoms with van der Waals surface area (Å²) in [5.74, 6) is 0.491. The number of halogens is 1. The van der Waals surface area contributed by atoms with Crippen LogP contribution >= 0.6 is 0 Å². The minimum atomic E-state index is -0.362. The van der Waals surface area contributed by atoms with Gasteiger partial charge in [-0.2, -0.15) is 0 Å². The van der Waals surface area contributed by atoms with E-state index < -0.39 is 0 Å². The quantitative estimate of drug-likeness (QED) is 0.694. The molecule has 0 radical (unpaired) electrons. The molecule has 2 aromatic carbocycles. The number of hydrogen-bond donors (Lipinski definition) is 2. The Hall–Kier alpha value is -3.48. The molecule has 3 rings (SSSR count). The molecule has 0 saturated carbocycles. The maximum absolute atomic E-state index is 12.9. The number of amides is 1. The number of ether oxygens (including phenoxy) is 1. The zero-order chi connectivity index (χ0) is 19.2. The van der Waals surface area contributed by atoms with Gasteiger partial charge >= 0.3 is 0 Å². The van der Waals surface area contributed by atoms with E-state index in [2.05, 4.69) is 20.6 Å². The number of nitrogens with zero attached hydrogens (tertiary/aromatic N) is 2. The molecule has 27 heavy (non-hydrogen) atoms. The largest absolute Gasteiger partial charge is 0.497 e. The fourth-order valence-electron chi connectivity index (χ4n) is 2.47. The van der Waals surface area contributed by atoms with E-state index in [4.69, 9.17) is 4.74 Å². The van der Waals surface area contributed by atoms with Crippen molar-refractivity contribution in [2.75, 3.05) is 17.7 Å². The summed E-state index contributed by atoms with van der Waals surface area (Å²) >= 11 is 0. The smallest absolute Gasteiger partial charge is 0.259 e. The third kappa shape index (κ3) is 4.78. The molecular weight excluding hydrogens is 347 g/mol. The van der Waals surface area contributed by atoms with E-state index in [0.717, 1.165) is 11.3 Å². The molecule has 0 spiro atoms. The van der Waals surface area contributed by atoms with Crippen LogP contribution in [0.1, 0.15) is 21.6 Å². The van der Waals surface area contributed by atoms with Crippen molar-refractivity contribution in [3.05, 3.63) is 77.4 Å². The molecular formula is C20H19FN4O2. The number of methoxy groups -OCH3 is 1. The molecule has 0 fully saturated rings. The van der Waals surface area contributed by atoms with Crippen molar-refractivity contribution >= 4 is 17.5 Å². The van der Waals surface area contributed by atoms with Crippen LogP contribution < -0.4 is 15.4 Å². The van der Waals surface area contributed by atoms with Crippen LogP contribution in [0, 0.1) is 12.7 Å². The van der Waals surface area contributed by atoms with E-state index in [-0.39, 0.29) is 11.7 Å². The summed E-state index contributed by atoms with van der Waals surface area (Å²) < 4.78 is 18.1. The maximum atomic E-state index is 12.9. The van der Waals surface area contributed by atoms with Crippen LogP contribution in [0.3, 0.4) is 0 Å². The third-order valence-corrected chi connectivity index (χ3v) is 3.91. The lowest BCUT2D eigenvalue weighted by Crippen LogP contribution is -2.15. The van der Waals surface area contributed by atoms with E-state index >= 15 is 0 Å². The van der Waals surface area contributed by atoms with Gasteiger partial charge in [0.05, 0.1) is 18.4 Å². The molecule has 138 valence electrons. The molecule has 1 heterocycles. The van der Waals surface area contributed by atoms with Gasteiger partial charge < -0.3 is 15.4 Å². The first-order valence-electron chi connectivity index (χ1n) is 8.32. The molecule has 1 aromatic heterocycles. The summed E-state index contributed by atoms with van der Waals surface area (Å²) in [7, 11) is 1.62. The highest BCUT2D eigenvalue weighted by atomic mass is 19.1. The molecule has 3 aromatic rings. The minimum absolute atomic E-state index is 0.349. The Morgan fingerprint density at radius 3 is 2.67 bits per heavy atom. The summed E-state index contributed by atoms with van der Waals surface area (Å²) in [6, 6.07) is 13.2. The second-order valence-electron chi connectivity index (χ2n) is 5.86. The summed E-state index contributed by atoms with van der Waals surface area (Å²) in [4.78, 5) is 20.9. The molecule has 2 N–H and O–H groups in total. The van der Waals surface area contributed by atoms with E-state index in [1.54, 1.807) is 14.0 Å². The van der Waals surface area contributed by atoms with Crippen LogP contribution in [0.15, 0.2) is 54.7 Å². The zero-order valence-corrected chi connectivity index (χ0v) is 15.0. The average molecular weight is 366 g/mol. The highest BCUT2D eigenvalue weighted by Gasteiger charge is 2.12. The van der Waals surface area contributed by atoms with Gasteiger partial charge in [-0.1, -0.05) is 12.1 Å². The highest BCUT2D eigenvalue weighted by molar-refractivity contribution is 6.04. The molecule has 7 heteroatoms. The molecule has 0 unspecified atom stereocenters. The molecule has 0 atom stereocenters. The Bertz CT molecular complexity index is 945. The standard InChI is InChI=1S/C20H19FN4O2/c1-13-18(19(26)25-16-8-6-15(21)7-9-16)12-23-20(24-13)22-11-14-4-3-5-17(10-14)27-2/h3-10,12H,11H2,1-2H3,(H,25,26)(H,22,23,24). The summed E-state index contributed by atoms with van der Waals surface area (Å²) in [6.07, 6.45) is 1.47. The average Bonchev–Trinajstić information content (AvgIpc) is 2.68. The van der Waals surface area contributed by atoms with Crippen molar-refractivity contribution in [3.8, 4) is 5.75 Å². The first-order chi connectivity index (χ1) is 13.0. The van der Waals surface area contributed by atoms with Gasteiger partial charge in [0.1, 0.15) is 11.6 Å². The summed E-state index contributed by atoms with van der Waals surface area (Å²) in [5, 5.41) is 5.82. The number of carbonyl (C=O) groups excluding carboxylic acids is 1. The second kappa shape index (κ2) is 8.27. The van der Waals surface area contributed by atoms with E-state index in [0.29, 0.717) is 29.4 Å². The van der Waals surface area contributed by atoms with Crippen molar-refractivity contribution in [1.29, 1.82) is 0 Å². The first-order valence-corrected chi connectivity index (χ1v) is 8.32. The number of rotatable bonds is 6. The van der Waals surface area contributed by atoms with Gasteiger partial charge in [0.15, 0.2) is 0 Å². The Kier molecular flexibility index (Phi) is 5.61. The predicted molar refractivity (Wildman–Crippen MR) is 101 cm³/mol. The van der Waals surface area contributed by atoms with Crippen LogP contribution in [0.4, 0.5) is 16.0 Å². The molecule has 0 bridgehead atoms. The Morgan fingerprint density at radius 2 is 1.96 bits per heavy atom. The molecule has 0 aliphatic heterocycles. The lowest BCUT2D eigenvalue weighted by Gasteiger charge is -2.10. The lowest BCUT2D eigenvalue weighted by atomic mass is 10.2. The highest BCUT2D eigenvalue weighted by Crippen LogP contribution is 2.15. The molecule has 6 nitrogen and oxygen atoms in total. The van der Waals surface area contributed by atoms with Crippen LogP contribution in [-0.4, -0.2) is 23.0 Å². The second-order valence-corrected chi connectivity index (χ2v) is 5.86. The lowest BCUT2D eigenvalue weighted by molar-refractivity contribution is 0.102. The summed E-state index contributed by atoms with van der Waals surface area (Å²) in [6.45, 7) is 2.26. The van der Waals surface area contributed by atoms with Crippen LogP contribution in [0.5, 0.6) is 5.75 Å². The van der Waals surface area contributed by atoms with Gasteiger partial charge in [-0.15, -0.1) is 0 Å². The Labute approximate surface area is 156 Å². The van der Waals surface area contributed by atoms with Crippen molar-refractivity contribution in [2.24, 2.45) is 0 Å². The number of carbonyl (C=O) groups is 1. The SMILES string of the molecule is COc1cccc(CNc2ncc(C(=O)Nc3ccc(F)cc3)c(C)n2)c1. The van der Waals surface area contributed by atoms with E-state index in [9.17, 15) is 9.18 Å². The molecule has 1 amide bonds. The van der Waals surface area contributed by atoms with Crippen LogP contribution in [-0.2, 0) is 6.54 Å². The molecule has 0 aliphatic rings. The zero-order valence-electron chi connectivity index (χ0n) is 15.0. The van der Waals surface area contributed by atoms with Crippen molar-refractivity contribution in [3.63, 3.8) is 0 Å². The van der Waals surface area contributed by atoms with Gasteiger partial charge in [-0.05, 0) is 48.9 Å². The van der Waals surface area contributed by atoms with Crippen molar-refractivity contribution < 1.29 is 13.9 Å². The van der Waals surface area contributed by atoms with Gasteiger partial charge in [0, 0.05) is 18.4 Å². The number of nitrogens with one attached hydrogen (secondary N) is 2. The number of aryl methyl sites for hydroxylation is 1. The van der Waals surface area contributed by atoms with Crippen molar-refractivity contribution in [1.82, 2.24) is 9.97 Å². The number of benzene rings is 2. The maximum Gasteiger partial charge on any atom is 0.259 e. The van der Waals surface area contributed by atoms with Gasteiger partial charge in [-0.25, -0.2) is 14.4 Å². The van der Waals surface area contributed by atoms with Crippen LogP contribution in [0.25, 0.3) is 0 Å². The molecule has 0 saturated heterocycles. The van der Waals surface area contributed by atoms with Gasteiger partial charge in [-0.3, -0.25) is 4.79 Å². The first kappa shape index (κ1) is 18.3. The topological polar surface area (TPSA) is 76.1 Å². The normalized spacial score (nSPS) is 10.3. The minimum Gasteiger partial charge on any atom is -0.497 e.